The Hall–Kier alpha value is -0.520. The van der Waals surface area contributed by atoms with Gasteiger partial charge in [-0.2, -0.15) is 0 Å². The molecule has 0 aromatic carbocycles. The summed E-state index contributed by atoms with van der Waals surface area (Å²) in [6.07, 6.45) is 6.36. The predicted molar refractivity (Wildman–Crippen MR) is 84.6 cm³/mol. The molecule has 2 aliphatic carbocycles. The number of hydrogen-bond donors (Lipinski definition) is 0. The van der Waals surface area contributed by atoms with Crippen molar-refractivity contribution in [3.05, 3.63) is 28.7 Å². The van der Waals surface area contributed by atoms with Gasteiger partial charge in [-0.1, -0.05) is 63.8 Å². The quantitative estimate of drug-likeness (QED) is 0.469. The lowest BCUT2D eigenvalue weighted by atomic mass is 9.71. The second-order valence-corrected chi connectivity index (χ2v) is 5.14. The highest BCUT2D eigenvalue weighted by Crippen LogP contribution is 2.42. The largest absolute Gasteiger partial charge is 0.0697 e. The van der Waals surface area contributed by atoms with E-state index in [1.54, 1.807) is 16.7 Å². The third kappa shape index (κ3) is 4.00. The summed E-state index contributed by atoms with van der Waals surface area (Å²) >= 11 is 0. The Morgan fingerprint density at radius 3 is 2.11 bits per heavy atom. The molecule has 0 N–H and O–H groups in total. The zero-order valence-electron chi connectivity index (χ0n) is 13.9. The first-order chi connectivity index (χ1) is 8.59. The van der Waals surface area contributed by atoms with E-state index < -0.39 is 0 Å². The van der Waals surface area contributed by atoms with Gasteiger partial charge in [0.15, 0.2) is 0 Å². The fourth-order valence-electron chi connectivity index (χ4n) is 2.68. The lowest BCUT2D eigenvalue weighted by molar-refractivity contribution is 0.377. The maximum atomic E-state index is 2.43. The third-order valence-corrected chi connectivity index (χ3v) is 4.20. The molecule has 0 fully saturated rings. The Kier molecular flexibility index (Phi) is 8.31. The molecule has 0 saturated carbocycles. The van der Waals surface area contributed by atoms with Gasteiger partial charge < -0.3 is 0 Å². The molecule has 0 aliphatic heterocycles. The first-order valence-corrected chi connectivity index (χ1v) is 7.82. The molecule has 0 spiro atoms. The molecule has 0 bridgehead atoms. The van der Waals surface area contributed by atoms with Crippen LogP contribution in [0, 0.1) is 18.3 Å². The molecule has 1 unspecified atom stereocenters. The molecule has 0 heterocycles. The second-order valence-electron chi connectivity index (χ2n) is 5.14. The van der Waals surface area contributed by atoms with Gasteiger partial charge in [0.05, 0.1) is 0 Å². The van der Waals surface area contributed by atoms with Crippen LogP contribution in [0.1, 0.15) is 74.7 Å². The molecule has 18 heavy (non-hydrogen) atoms. The Balaban J connectivity index is 0.000000659. The van der Waals surface area contributed by atoms with Gasteiger partial charge >= 0.3 is 0 Å². The standard InChI is InChI=1S/C14H21.2C2H6/c1-9-5-6-13-7-10(2)11(3)8-14(13)12(9)4;2*1-2/h7,9,12H,5-6,8H2,1-4H3;2*1-2H3/t9-,12?;;/m0../s1. The van der Waals surface area contributed by atoms with Gasteiger partial charge in [0.25, 0.3) is 0 Å². The average molecular weight is 249 g/mol. The maximum absolute atomic E-state index is 2.43. The van der Waals surface area contributed by atoms with E-state index in [9.17, 15) is 0 Å². The third-order valence-electron chi connectivity index (χ3n) is 4.20. The normalized spacial score (nSPS) is 26.7. The van der Waals surface area contributed by atoms with Crippen molar-refractivity contribution in [3.63, 3.8) is 0 Å². The zero-order valence-corrected chi connectivity index (χ0v) is 13.9. The highest BCUT2D eigenvalue weighted by atomic mass is 14.3. The molecule has 0 aromatic heterocycles. The molecule has 2 atom stereocenters. The van der Waals surface area contributed by atoms with Crippen molar-refractivity contribution in [2.45, 2.75) is 74.7 Å². The van der Waals surface area contributed by atoms with Gasteiger partial charge in [0.1, 0.15) is 0 Å². The van der Waals surface area contributed by atoms with E-state index in [0.717, 1.165) is 11.8 Å². The zero-order chi connectivity index (χ0) is 14.3. The van der Waals surface area contributed by atoms with Crippen molar-refractivity contribution in [2.24, 2.45) is 11.8 Å². The Bertz CT molecular complexity index is 304. The Morgan fingerprint density at radius 2 is 1.56 bits per heavy atom. The number of allylic oxidation sites excluding steroid dienone is 4. The van der Waals surface area contributed by atoms with Gasteiger partial charge in [-0.25, -0.2) is 0 Å². The molecular formula is C18H33. The molecule has 0 saturated heterocycles. The summed E-state index contributed by atoms with van der Waals surface area (Å²) in [6.45, 7) is 17.3. The van der Waals surface area contributed by atoms with Crippen LogP contribution in [0.5, 0.6) is 0 Å². The van der Waals surface area contributed by atoms with E-state index in [4.69, 9.17) is 0 Å². The van der Waals surface area contributed by atoms with Crippen LogP contribution in [0.25, 0.3) is 0 Å². The minimum absolute atomic E-state index is 0.804. The summed E-state index contributed by atoms with van der Waals surface area (Å²) in [4.78, 5) is 0. The van der Waals surface area contributed by atoms with Crippen LogP contribution in [-0.4, -0.2) is 0 Å². The fraction of sp³-hybridized carbons (Fsp3) is 0.722. The number of hydrogen-bond acceptors (Lipinski definition) is 0. The number of rotatable bonds is 0. The molecular weight excluding hydrogens is 216 g/mol. The van der Waals surface area contributed by atoms with Crippen molar-refractivity contribution in [1.82, 2.24) is 0 Å². The smallest absolute Gasteiger partial charge is 0.0113 e. The van der Waals surface area contributed by atoms with Crippen LogP contribution in [-0.2, 0) is 0 Å². The van der Waals surface area contributed by atoms with Crippen LogP contribution < -0.4 is 0 Å². The summed E-state index contributed by atoms with van der Waals surface area (Å²) < 4.78 is 0. The van der Waals surface area contributed by atoms with E-state index in [2.05, 4.69) is 34.1 Å². The maximum Gasteiger partial charge on any atom is 0.0113 e. The van der Waals surface area contributed by atoms with Gasteiger partial charge in [0, 0.05) is 6.42 Å². The van der Waals surface area contributed by atoms with Crippen molar-refractivity contribution in [1.29, 1.82) is 0 Å². The topological polar surface area (TPSA) is 0 Å². The summed E-state index contributed by atoms with van der Waals surface area (Å²) in [5.74, 6) is 1.69. The highest BCUT2D eigenvalue weighted by molar-refractivity contribution is 5.43. The van der Waals surface area contributed by atoms with Crippen molar-refractivity contribution < 1.29 is 0 Å². The van der Waals surface area contributed by atoms with Gasteiger partial charge in [0.2, 0.25) is 0 Å². The van der Waals surface area contributed by atoms with Crippen LogP contribution in [0.15, 0.2) is 22.3 Å². The lowest BCUT2D eigenvalue weighted by Gasteiger charge is -2.35. The molecule has 0 aromatic rings. The fourth-order valence-corrected chi connectivity index (χ4v) is 2.68. The lowest BCUT2D eigenvalue weighted by Crippen LogP contribution is -2.21. The van der Waals surface area contributed by atoms with E-state index in [0.29, 0.717) is 0 Å². The molecule has 0 nitrogen and oxygen atoms in total. The summed E-state index contributed by atoms with van der Waals surface area (Å²) in [6, 6.07) is 0. The minimum Gasteiger partial charge on any atom is -0.0697 e. The SMILES string of the molecule is CC.CC.CC1=C(C)CC2=C([CH]1)CC[C@H](C)C2C. The predicted octanol–water partition coefficient (Wildman–Crippen LogP) is 6.35. The van der Waals surface area contributed by atoms with Crippen LogP contribution in [0.2, 0.25) is 0 Å². The summed E-state index contributed by atoms with van der Waals surface area (Å²) in [5.41, 5.74) is 6.46. The first-order valence-electron chi connectivity index (χ1n) is 7.82. The van der Waals surface area contributed by atoms with Gasteiger partial charge in [-0.05, 0) is 44.9 Å². The Morgan fingerprint density at radius 1 is 1.00 bits per heavy atom. The van der Waals surface area contributed by atoms with E-state index >= 15 is 0 Å². The van der Waals surface area contributed by atoms with Crippen LogP contribution >= 0.6 is 0 Å². The van der Waals surface area contributed by atoms with E-state index in [-0.39, 0.29) is 0 Å². The molecule has 0 amide bonds. The first kappa shape index (κ1) is 17.5. The molecule has 2 rings (SSSR count). The Labute approximate surface area is 116 Å². The molecule has 2 aliphatic rings. The molecule has 105 valence electrons. The van der Waals surface area contributed by atoms with Gasteiger partial charge in [-0.3, -0.25) is 0 Å². The van der Waals surface area contributed by atoms with E-state index in [1.807, 2.05) is 27.7 Å². The summed E-state index contributed by atoms with van der Waals surface area (Å²) in [5, 5.41) is 0. The highest BCUT2D eigenvalue weighted by Gasteiger charge is 2.27. The van der Waals surface area contributed by atoms with E-state index in [1.165, 1.54) is 24.8 Å². The summed E-state index contributed by atoms with van der Waals surface area (Å²) in [7, 11) is 0. The van der Waals surface area contributed by atoms with Crippen molar-refractivity contribution in [3.8, 4) is 0 Å². The molecule has 1 radical (unpaired) electrons. The van der Waals surface area contributed by atoms with Crippen LogP contribution in [0.4, 0.5) is 0 Å². The monoisotopic (exact) mass is 249 g/mol. The molecule has 0 heteroatoms. The second kappa shape index (κ2) is 8.56. The van der Waals surface area contributed by atoms with Crippen molar-refractivity contribution in [2.75, 3.05) is 0 Å². The average Bonchev–Trinajstić information content (AvgIpc) is 2.41. The van der Waals surface area contributed by atoms with Gasteiger partial charge in [-0.15, -0.1) is 0 Å². The van der Waals surface area contributed by atoms with Crippen molar-refractivity contribution >= 4 is 0 Å². The van der Waals surface area contributed by atoms with Crippen LogP contribution in [0.3, 0.4) is 0 Å². The minimum atomic E-state index is 0.804.